The second-order valence-corrected chi connectivity index (χ2v) is 11.8. The maximum Gasteiger partial charge on any atom is 0.243 e. The summed E-state index contributed by atoms with van der Waals surface area (Å²) in [5.41, 5.74) is 2.52. The lowest BCUT2D eigenvalue weighted by Crippen LogP contribution is -2.32. The number of sulfonamides is 1. The number of hydrogen-bond acceptors (Lipinski definition) is 7. The molecule has 1 atom stereocenters. The van der Waals surface area contributed by atoms with Gasteiger partial charge in [0.2, 0.25) is 10.0 Å². The number of hydrogen-bond donors (Lipinski definition) is 1. The highest BCUT2D eigenvalue weighted by Crippen LogP contribution is 2.30. The topological polar surface area (TPSA) is 90.0 Å². The lowest BCUT2D eigenvalue weighted by molar-refractivity contribution is 0.352. The van der Waals surface area contributed by atoms with Gasteiger partial charge in [-0.15, -0.1) is 0 Å². The quantitative estimate of drug-likeness (QED) is 0.195. The Labute approximate surface area is 240 Å². The van der Waals surface area contributed by atoms with E-state index >= 15 is 0 Å². The number of rotatable bonds is 13. The fourth-order valence-corrected chi connectivity index (χ4v) is 6.12. The van der Waals surface area contributed by atoms with Gasteiger partial charge in [0.05, 0.1) is 37.4 Å². The molecule has 0 aliphatic carbocycles. The summed E-state index contributed by atoms with van der Waals surface area (Å²) in [5.74, 6) is 1.86. The standard InChI is InChI=1S/C30H34ClN3O5S/c1-21(33-27-19-25(37-2)18-23-8-5-15-32-30(23)27)7-6-16-34(40(35,36)26-12-10-24(31)11-13-26)20-22-9-14-28(38-3)29(17-22)39-4/h5,8-15,17-19,21,33H,6-7,16,20H2,1-4H3. The molecule has 1 N–H and O–H groups in total. The molecule has 3 aromatic carbocycles. The van der Waals surface area contributed by atoms with Gasteiger partial charge in [-0.3, -0.25) is 4.98 Å². The van der Waals surface area contributed by atoms with Crippen LogP contribution in [-0.4, -0.2) is 51.6 Å². The van der Waals surface area contributed by atoms with Crippen molar-refractivity contribution >= 4 is 38.2 Å². The summed E-state index contributed by atoms with van der Waals surface area (Å²) in [6, 6.07) is 19.5. The highest BCUT2D eigenvalue weighted by molar-refractivity contribution is 7.89. The third-order valence-corrected chi connectivity index (χ3v) is 8.73. The van der Waals surface area contributed by atoms with Crippen molar-refractivity contribution in [1.29, 1.82) is 0 Å². The van der Waals surface area contributed by atoms with E-state index in [-0.39, 0.29) is 17.5 Å². The minimum Gasteiger partial charge on any atom is -0.497 e. The molecule has 0 saturated heterocycles. The van der Waals surface area contributed by atoms with E-state index < -0.39 is 10.0 Å². The Bertz CT molecular complexity index is 1550. The van der Waals surface area contributed by atoms with E-state index in [1.165, 1.54) is 16.4 Å². The van der Waals surface area contributed by atoms with Crippen molar-refractivity contribution in [2.75, 3.05) is 33.2 Å². The summed E-state index contributed by atoms with van der Waals surface area (Å²) in [4.78, 5) is 4.72. The van der Waals surface area contributed by atoms with Crippen LogP contribution < -0.4 is 19.5 Å². The number of fused-ring (bicyclic) bond motifs is 1. The molecule has 0 fully saturated rings. The number of nitrogens with one attached hydrogen (secondary N) is 1. The van der Waals surface area contributed by atoms with Gasteiger partial charge in [-0.05, 0) is 73.9 Å². The van der Waals surface area contributed by atoms with Crippen LogP contribution in [0.15, 0.2) is 77.8 Å². The van der Waals surface area contributed by atoms with Gasteiger partial charge in [-0.1, -0.05) is 23.7 Å². The second kappa shape index (κ2) is 13.2. The zero-order chi connectivity index (χ0) is 28.7. The van der Waals surface area contributed by atoms with Crippen LogP contribution in [0.5, 0.6) is 17.2 Å². The molecule has 1 unspecified atom stereocenters. The number of ether oxygens (including phenoxy) is 3. The fraction of sp³-hybridized carbons (Fsp3) is 0.300. The van der Waals surface area contributed by atoms with Gasteiger partial charge in [0, 0.05) is 41.8 Å². The van der Waals surface area contributed by atoms with Crippen LogP contribution >= 0.6 is 11.6 Å². The SMILES string of the molecule is COc1cc(NC(C)CCCN(Cc2ccc(OC)c(OC)c2)S(=O)(=O)c2ccc(Cl)cc2)c2ncccc2c1. The Balaban J connectivity index is 1.52. The molecule has 1 heterocycles. The van der Waals surface area contributed by atoms with E-state index in [2.05, 4.69) is 17.2 Å². The zero-order valence-corrected chi connectivity index (χ0v) is 24.6. The first-order valence-corrected chi connectivity index (χ1v) is 14.7. The van der Waals surface area contributed by atoms with Crippen LogP contribution in [0.4, 0.5) is 5.69 Å². The van der Waals surface area contributed by atoms with Crippen molar-refractivity contribution in [3.8, 4) is 17.2 Å². The number of pyridine rings is 1. The number of nitrogens with zero attached hydrogens (tertiary/aromatic N) is 2. The van der Waals surface area contributed by atoms with Gasteiger partial charge in [-0.25, -0.2) is 8.42 Å². The van der Waals surface area contributed by atoms with E-state index in [1.807, 2.05) is 30.3 Å². The van der Waals surface area contributed by atoms with E-state index in [1.54, 1.807) is 51.8 Å². The van der Waals surface area contributed by atoms with Crippen LogP contribution in [0.25, 0.3) is 10.9 Å². The molecule has 0 aliphatic heterocycles. The van der Waals surface area contributed by atoms with Gasteiger partial charge in [0.25, 0.3) is 0 Å². The van der Waals surface area contributed by atoms with Gasteiger partial charge >= 0.3 is 0 Å². The van der Waals surface area contributed by atoms with Crippen LogP contribution in [0.1, 0.15) is 25.3 Å². The first-order chi connectivity index (χ1) is 19.2. The molecule has 10 heteroatoms. The van der Waals surface area contributed by atoms with Gasteiger partial charge in [0.15, 0.2) is 11.5 Å². The molecule has 0 spiro atoms. The van der Waals surface area contributed by atoms with Crippen molar-refractivity contribution in [1.82, 2.24) is 9.29 Å². The number of halogens is 1. The normalized spacial score (nSPS) is 12.3. The summed E-state index contributed by atoms with van der Waals surface area (Å²) in [5, 5.41) is 4.99. The predicted octanol–water partition coefficient (Wildman–Crippen LogP) is 6.39. The molecule has 0 radical (unpaired) electrons. The average molecular weight is 584 g/mol. The summed E-state index contributed by atoms with van der Waals surface area (Å²) in [7, 11) is 0.966. The van der Waals surface area contributed by atoms with E-state index in [4.69, 9.17) is 25.8 Å². The van der Waals surface area contributed by atoms with Gasteiger partial charge in [0.1, 0.15) is 5.75 Å². The molecule has 0 amide bonds. The van der Waals surface area contributed by atoms with Gasteiger partial charge in [-0.2, -0.15) is 4.31 Å². The predicted molar refractivity (Wildman–Crippen MR) is 159 cm³/mol. The van der Waals surface area contributed by atoms with Crippen molar-refractivity contribution in [2.45, 2.75) is 37.2 Å². The van der Waals surface area contributed by atoms with Crippen LogP contribution in [0.3, 0.4) is 0 Å². The van der Waals surface area contributed by atoms with Crippen molar-refractivity contribution < 1.29 is 22.6 Å². The molecule has 0 bridgehead atoms. The fourth-order valence-electron chi connectivity index (χ4n) is 4.53. The maximum atomic E-state index is 13.7. The molecule has 40 heavy (non-hydrogen) atoms. The largest absolute Gasteiger partial charge is 0.497 e. The Morgan fingerprint density at radius 1 is 0.950 bits per heavy atom. The van der Waals surface area contributed by atoms with Crippen LogP contribution in [0.2, 0.25) is 5.02 Å². The first-order valence-electron chi connectivity index (χ1n) is 12.9. The maximum absolute atomic E-state index is 13.7. The number of anilines is 1. The highest BCUT2D eigenvalue weighted by atomic mass is 35.5. The average Bonchev–Trinajstić information content (AvgIpc) is 2.96. The number of aromatic nitrogens is 1. The summed E-state index contributed by atoms with van der Waals surface area (Å²) < 4.78 is 45.1. The minimum atomic E-state index is -3.79. The van der Waals surface area contributed by atoms with Crippen molar-refractivity contribution in [2.24, 2.45) is 0 Å². The monoisotopic (exact) mass is 583 g/mol. The Kier molecular flexibility index (Phi) is 9.73. The van der Waals surface area contributed by atoms with Crippen molar-refractivity contribution in [3.05, 3.63) is 83.5 Å². The lowest BCUT2D eigenvalue weighted by Gasteiger charge is -2.24. The summed E-state index contributed by atoms with van der Waals surface area (Å²) in [6.45, 7) is 2.57. The van der Waals surface area contributed by atoms with Crippen LogP contribution in [-0.2, 0) is 16.6 Å². The number of methoxy groups -OCH3 is 3. The lowest BCUT2D eigenvalue weighted by atomic mass is 10.1. The molecule has 212 valence electrons. The van der Waals surface area contributed by atoms with Gasteiger partial charge < -0.3 is 19.5 Å². The minimum absolute atomic E-state index is 0.0541. The molecule has 4 aromatic rings. The molecular weight excluding hydrogens is 550 g/mol. The molecular formula is C30H34ClN3O5S. The van der Waals surface area contributed by atoms with E-state index in [0.29, 0.717) is 29.5 Å². The zero-order valence-electron chi connectivity index (χ0n) is 23.1. The second-order valence-electron chi connectivity index (χ2n) is 9.42. The highest BCUT2D eigenvalue weighted by Gasteiger charge is 2.25. The Hall–Kier alpha value is -3.53. The summed E-state index contributed by atoms with van der Waals surface area (Å²) >= 11 is 6.02. The third kappa shape index (κ3) is 6.96. The smallest absolute Gasteiger partial charge is 0.243 e. The molecule has 8 nitrogen and oxygen atoms in total. The number of benzene rings is 3. The molecule has 4 rings (SSSR count). The summed E-state index contributed by atoms with van der Waals surface area (Å²) in [6.07, 6.45) is 3.12. The van der Waals surface area contributed by atoms with Crippen molar-refractivity contribution in [3.63, 3.8) is 0 Å². The Morgan fingerprint density at radius 3 is 2.40 bits per heavy atom. The van der Waals surface area contributed by atoms with Crippen LogP contribution in [0, 0.1) is 0 Å². The molecule has 0 aliphatic rings. The molecule has 1 aromatic heterocycles. The molecule has 0 saturated carbocycles. The third-order valence-electron chi connectivity index (χ3n) is 6.62. The Morgan fingerprint density at radius 2 is 1.70 bits per heavy atom. The first kappa shape index (κ1) is 29.5. The van der Waals surface area contributed by atoms with E-state index in [0.717, 1.165) is 34.3 Å². The van der Waals surface area contributed by atoms with E-state index in [9.17, 15) is 8.42 Å².